The van der Waals surface area contributed by atoms with Crippen molar-refractivity contribution in [2.45, 2.75) is 6.54 Å². The number of carbonyl (C=O) groups is 2. The number of fused-ring (bicyclic) bond motifs is 1. The zero-order valence-electron chi connectivity index (χ0n) is 15.3. The molecule has 0 bridgehead atoms. The second-order valence-corrected chi connectivity index (χ2v) is 7.07. The molecule has 146 valence electrons. The van der Waals surface area contributed by atoms with Crippen LogP contribution in [0.15, 0.2) is 54.2 Å². The van der Waals surface area contributed by atoms with Gasteiger partial charge >= 0.3 is 5.97 Å². The number of para-hydroxylation sites is 1. The quantitative estimate of drug-likeness (QED) is 0.475. The van der Waals surface area contributed by atoms with Crippen molar-refractivity contribution >= 4 is 57.7 Å². The predicted molar refractivity (Wildman–Crippen MR) is 113 cm³/mol. The first kappa shape index (κ1) is 20.5. The Morgan fingerprint density at radius 1 is 1.21 bits per heavy atom. The maximum atomic E-state index is 12.9. The Morgan fingerprint density at radius 3 is 2.59 bits per heavy atom. The number of halogens is 2. The van der Waals surface area contributed by atoms with Crippen LogP contribution in [-0.2, 0) is 16.1 Å². The average Bonchev–Trinajstić information content (AvgIpc) is 3.04. The third kappa shape index (κ3) is 4.27. The molecule has 2 aromatic carbocycles. The van der Waals surface area contributed by atoms with Crippen molar-refractivity contribution in [1.29, 1.82) is 5.26 Å². The second kappa shape index (κ2) is 8.39. The van der Waals surface area contributed by atoms with Crippen LogP contribution in [0.4, 0.5) is 5.69 Å². The number of rotatable bonds is 5. The van der Waals surface area contributed by atoms with Crippen molar-refractivity contribution < 1.29 is 14.7 Å². The number of nitriles is 1. The highest BCUT2D eigenvalue weighted by Crippen LogP contribution is 2.28. The number of aliphatic carboxylic acids is 1. The van der Waals surface area contributed by atoms with Crippen molar-refractivity contribution in [2.75, 3.05) is 11.9 Å². The first-order valence-electron chi connectivity index (χ1n) is 8.46. The fraction of sp³-hybridized carbons (Fsp3) is 0.0952. The molecule has 0 aliphatic heterocycles. The third-order valence-corrected chi connectivity index (χ3v) is 5.11. The Bertz CT molecular complexity index is 1190. The zero-order chi connectivity index (χ0) is 21.1. The summed E-state index contributed by atoms with van der Waals surface area (Å²) in [6, 6.07) is 13.8. The average molecular weight is 428 g/mol. The summed E-state index contributed by atoms with van der Waals surface area (Å²) in [5.74, 6) is -1.52. The number of aromatic nitrogens is 1. The van der Waals surface area contributed by atoms with E-state index in [0.29, 0.717) is 26.8 Å². The van der Waals surface area contributed by atoms with E-state index in [0.717, 1.165) is 5.39 Å². The molecular weight excluding hydrogens is 413 g/mol. The number of nitrogens with zero attached hydrogens (tertiary/aromatic N) is 3. The third-order valence-electron chi connectivity index (χ3n) is 4.37. The molecule has 1 heterocycles. The molecule has 0 unspecified atom stereocenters. The largest absolute Gasteiger partial charge is 0.480 e. The number of benzene rings is 2. The summed E-state index contributed by atoms with van der Waals surface area (Å²) >= 11 is 11.9. The molecule has 0 aliphatic rings. The minimum Gasteiger partial charge on any atom is -0.480 e. The summed E-state index contributed by atoms with van der Waals surface area (Å²) in [6.07, 6.45) is 3.07. The topological polar surface area (TPSA) is 86.3 Å². The molecule has 6 nitrogen and oxygen atoms in total. The lowest BCUT2D eigenvalue weighted by atomic mass is 10.1. The van der Waals surface area contributed by atoms with Crippen LogP contribution in [0.2, 0.25) is 10.0 Å². The Labute approximate surface area is 176 Å². The number of carboxylic acid groups (broad SMARTS) is 1. The summed E-state index contributed by atoms with van der Waals surface area (Å²) in [4.78, 5) is 25.3. The molecule has 0 atom stereocenters. The summed E-state index contributed by atoms with van der Waals surface area (Å²) in [5, 5.41) is 20.1. The van der Waals surface area contributed by atoms with Gasteiger partial charge in [-0.3, -0.25) is 9.59 Å². The van der Waals surface area contributed by atoms with Gasteiger partial charge in [0.1, 0.15) is 18.2 Å². The molecule has 0 saturated carbocycles. The zero-order valence-corrected chi connectivity index (χ0v) is 16.8. The van der Waals surface area contributed by atoms with Gasteiger partial charge < -0.3 is 14.6 Å². The second-order valence-electron chi connectivity index (χ2n) is 6.26. The molecule has 1 aromatic heterocycles. The van der Waals surface area contributed by atoms with Crippen LogP contribution in [0, 0.1) is 11.3 Å². The molecule has 1 N–H and O–H groups in total. The van der Waals surface area contributed by atoms with E-state index >= 15 is 0 Å². The molecular formula is C21H15Cl2N3O3. The van der Waals surface area contributed by atoms with Crippen molar-refractivity contribution in [3.05, 3.63) is 69.8 Å². The van der Waals surface area contributed by atoms with Crippen LogP contribution in [-0.4, -0.2) is 28.6 Å². The molecule has 1 amide bonds. The Kier molecular flexibility index (Phi) is 5.92. The molecule has 3 rings (SSSR count). The van der Waals surface area contributed by atoms with Gasteiger partial charge in [0.05, 0.1) is 10.0 Å². The van der Waals surface area contributed by atoms with Gasteiger partial charge in [-0.15, -0.1) is 0 Å². The van der Waals surface area contributed by atoms with Crippen molar-refractivity contribution in [2.24, 2.45) is 0 Å². The first-order valence-corrected chi connectivity index (χ1v) is 9.22. The maximum absolute atomic E-state index is 12.9. The fourth-order valence-corrected chi connectivity index (χ4v) is 3.25. The predicted octanol–water partition coefficient (Wildman–Crippen LogP) is 4.60. The minimum atomic E-state index is -0.989. The highest BCUT2D eigenvalue weighted by Gasteiger charge is 2.18. The van der Waals surface area contributed by atoms with E-state index in [-0.39, 0.29) is 12.1 Å². The standard InChI is InChI=1S/C21H15Cl2N3O3/c1-25(15-6-7-17(22)18(23)9-15)21(29)13(10-24)8-14-11-26(12-20(27)28)19-5-3-2-4-16(14)19/h2-9,11H,12H2,1H3,(H,27,28)/b13-8+. The van der Waals surface area contributed by atoms with Crippen LogP contribution >= 0.6 is 23.2 Å². The summed E-state index contributed by atoms with van der Waals surface area (Å²) in [5.41, 5.74) is 1.66. The van der Waals surface area contributed by atoms with E-state index < -0.39 is 11.9 Å². The minimum absolute atomic E-state index is 0.100. The van der Waals surface area contributed by atoms with Crippen LogP contribution in [0.1, 0.15) is 5.56 Å². The van der Waals surface area contributed by atoms with Crippen LogP contribution < -0.4 is 4.90 Å². The lowest BCUT2D eigenvalue weighted by molar-refractivity contribution is -0.137. The van der Waals surface area contributed by atoms with Gasteiger partial charge in [0.25, 0.3) is 5.91 Å². The monoisotopic (exact) mass is 427 g/mol. The van der Waals surface area contributed by atoms with Gasteiger partial charge in [-0.1, -0.05) is 41.4 Å². The highest BCUT2D eigenvalue weighted by molar-refractivity contribution is 6.42. The lowest BCUT2D eigenvalue weighted by Gasteiger charge is -2.17. The molecule has 29 heavy (non-hydrogen) atoms. The van der Waals surface area contributed by atoms with E-state index in [2.05, 4.69) is 0 Å². The molecule has 3 aromatic rings. The maximum Gasteiger partial charge on any atom is 0.323 e. The summed E-state index contributed by atoms with van der Waals surface area (Å²) in [6.45, 7) is -0.229. The van der Waals surface area contributed by atoms with Gasteiger partial charge in [0, 0.05) is 35.4 Å². The lowest BCUT2D eigenvalue weighted by Crippen LogP contribution is -2.27. The number of hydrogen-bond donors (Lipinski definition) is 1. The number of hydrogen-bond acceptors (Lipinski definition) is 3. The molecule has 0 spiro atoms. The fourth-order valence-electron chi connectivity index (χ4n) is 2.96. The summed E-state index contributed by atoms with van der Waals surface area (Å²) in [7, 11) is 1.53. The number of carboxylic acids is 1. The molecule has 0 fully saturated rings. The number of carbonyl (C=O) groups excluding carboxylic acids is 1. The molecule has 0 radical (unpaired) electrons. The number of amides is 1. The van der Waals surface area contributed by atoms with E-state index in [1.165, 1.54) is 24.1 Å². The van der Waals surface area contributed by atoms with Crippen molar-refractivity contribution in [3.8, 4) is 6.07 Å². The molecule has 8 heteroatoms. The molecule has 0 aliphatic carbocycles. The SMILES string of the molecule is CN(C(=O)/C(C#N)=C/c1cn(CC(=O)O)c2ccccc12)c1ccc(Cl)c(Cl)c1. The van der Waals surface area contributed by atoms with Crippen LogP contribution in [0.25, 0.3) is 17.0 Å². The normalized spacial score (nSPS) is 11.3. The van der Waals surface area contributed by atoms with Crippen LogP contribution in [0.5, 0.6) is 0 Å². The van der Waals surface area contributed by atoms with Crippen molar-refractivity contribution in [3.63, 3.8) is 0 Å². The Morgan fingerprint density at radius 2 is 1.93 bits per heavy atom. The van der Waals surface area contributed by atoms with Gasteiger partial charge in [0.15, 0.2) is 0 Å². The van der Waals surface area contributed by atoms with Gasteiger partial charge in [0.2, 0.25) is 0 Å². The Balaban J connectivity index is 2.01. The summed E-state index contributed by atoms with van der Waals surface area (Å²) < 4.78 is 1.56. The van der Waals surface area contributed by atoms with Gasteiger partial charge in [-0.2, -0.15) is 5.26 Å². The van der Waals surface area contributed by atoms with E-state index in [9.17, 15) is 14.9 Å². The van der Waals surface area contributed by atoms with Gasteiger partial charge in [-0.05, 0) is 30.3 Å². The van der Waals surface area contributed by atoms with E-state index in [4.69, 9.17) is 28.3 Å². The first-order chi connectivity index (χ1) is 13.8. The van der Waals surface area contributed by atoms with E-state index in [1.54, 1.807) is 41.1 Å². The van der Waals surface area contributed by atoms with Gasteiger partial charge in [-0.25, -0.2) is 0 Å². The van der Waals surface area contributed by atoms with Crippen molar-refractivity contribution in [1.82, 2.24) is 4.57 Å². The number of likely N-dealkylation sites (N-methyl/N-ethyl adjacent to an activating group) is 1. The smallest absolute Gasteiger partial charge is 0.323 e. The van der Waals surface area contributed by atoms with E-state index in [1.807, 2.05) is 12.1 Å². The van der Waals surface area contributed by atoms with Crippen LogP contribution in [0.3, 0.4) is 0 Å². The molecule has 0 saturated heterocycles. The highest BCUT2D eigenvalue weighted by atomic mass is 35.5. The number of anilines is 1. The Hall–Kier alpha value is -3.27.